The minimum atomic E-state index is 0.0134. The monoisotopic (exact) mass is 310 g/mol. The molecular weight excluding hydrogens is 292 g/mol. The Morgan fingerprint density at radius 3 is 2.80 bits per heavy atom. The van der Waals surface area contributed by atoms with Gasteiger partial charge in [0.15, 0.2) is 5.78 Å². The molecule has 0 amide bonds. The largest absolute Gasteiger partial charge is 0.396 e. The summed E-state index contributed by atoms with van der Waals surface area (Å²) in [7, 11) is 3.96. The number of nitrogen functional groups attached to an aromatic ring is 1. The average Bonchev–Trinajstić information content (AvgIpc) is 2.93. The zero-order valence-electron chi connectivity index (χ0n) is 12.0. The van der Waals surface area contributed by atoms with Crippen LogP contribution in [0.25, 0.3) is 0 Å². The fraction of sp³-hybridized carbons (Fsp3) is 0.385. The molecule has 2 aromatic rings. The molecule has 0 spiro atoms. The van der Waals surface area contributed by atoms with Gasteiger partial charge in [-0.05, 0) is 6.26 Å². The second-order valence-electron chi connectivity index (χ2n) is 4.55. The van der Waals surface area contributed by atoms with Crippen LogP contribution in [0.2, 0.25) is 0 Å². The van der Waals surface area contributed by atoms with E-state index in [0.717, 1.165) is 15.7 Å². The maximum Gasteiger partial charge on any atom is 0.171 e. The van der Waals surface area contributed by atoms with Gasteiger partial charge in [-0.2, -0.15) is 0 Å². The van der Waals surface area contributed by atoms with Gasteiger partial charge in [0.2, 0.25) is 0 Å². The van der Waals surface area contributed by atoms with Gasteiger partial charge in [0.1, 0.15) is 10.8 Å². The second-order valence-corrected chi connectivity index (χ2v) is 6.37. The number of carbonyl (C=O) groups is 1. The van der Waals surface area contributed by atoms with Crippen molar-refractivity contribution in [1.29, 1.82) is 0 Å². The van der Waals surface area contributed by atoms with Crippen LogP contribution in [-0.4, -0.2) is 28.6 Å². The maximum absolute atomic E-state index is 11.6. The predicted molar refractivity (Wildman–Crippen MR) is 85.8 cm³/mol. The summed E-state index contributed by atoms with van der Waals surface area (Å²) in [6.07, 6.45) is 5.67. The summed E-state index contributed by atoms with van der Waals surface area (Å²) in [5.74, 6) is 0.982. The normalized spacial score (nSPS) is 10.8. The quantitative estimate of drug-likeness (QED) is 0.679. The van der Waals surface area contributed by atoms with E-state index in [2.05, 4.69) is 9.88 Å². The number of hydrogen-bond donors (Lipinski definition) is 1. The molecule has 108 valence electrons. The van der Waals surface area contributed by atoms with E-state index in [9.17, 15) is 4.79 Å². The van der Waals surface area contributed by atoms with Crippen molar-refractivity contribution in [1.82, 2.24) is 9.55 Å². The lowest BCUT2D eigenvalue weighted by Gasteiger charge is -2.18. The third kappa shape index (κ3) is 2.69. The first kappa shape index (κ1) is 14.9. The number of Topliss-reactive ketones (excluding diaryl/α,β-unsaturated/α-hetero) is 1. The average molecular weight is 310 g/mol. The van der Waals surface area contributed by atoms with Gasteiger partial charge in [0.25, 0.3) is 0 Å². The Hall–Kier alpha value is -1.47. The summed E-state index contributed by atoms with van der Waals surface area (Å²) in [4.78, 5) is 19.6. The van der Waals surface area contributed by atoms with Crippen LogP contribution in [0.1, 0.15) is 22.4 Å². The Bertz CT molecular complexity index is 632. The number of nitrogens with two attached hydrogens (primary N) is 1. The Labute approximate surface area is 126 Å². The number of nitrogens with zero attached hydrogens (tertiary/aromatic N) is 3. The molecule has 0 aliphatic carbocycles. The lowest BCUT2D eigenvalue weighted by Crippen LogP contribution is -2.18. The first-order chi connectivity index (χ1) is 9.45. The van der Waals surface area contributed by atoms with Crippen molar-refractivity contribution >= 4 is 39.6 Å². The molecule has 0 bridgehead atoms. The second kappa shape index (κ2) is 5.88. The molecule has 0 saturated carbocycles. The van der Waals surface area contributed by atoms with Crippen molar-refractivity contribution in [3.63, 3.8) is 0 Å². The van der Waals surface area contributed by atoms with Crippen LogP contribution in [0.4, 0.5) is 10.7 Å². The molecule has 5 nitrogen and oxygen atoms in total. The molecular formula is C13H18N4OS2. The van der Waals surface area contributed by atoms with Gasteiger partial charge in [-0.3, -0.25) is 4.79 Å². The van der Waals surface area contributed by atoms with Crippen molar-refractivity contribution in [3.05, 3.63) is 23.1 Å². The van der Waals surface area contributed by atoms with E-state index in [1.807, 2.05) is 31.1 Å². The molecule has 2 N–H and O–H groups in total. The number of ketones is 1. The molecule has 20 heavy (non-hydrogen) atoms. The highest BCUT2D eigenvalue weighted by Crippen LogP contribution is 2.43. The van der Waals surface area contributed by atoms with E-state index in [1.165, 1.54) is 11.3 Å². The molecule has 0 atom stereocenters. The number of anilines is 2. The topological polar surface area (TPSA) is 64.2 Å². The van der Waals surface area contributed by atoms with Crippen LogP contribution in [0.15, 0.2) is 17.3 Å². The fourth-order valence-corrected chi connectivity index (χ4v) is 4.02. The van der Waals surface area contributed by atoms with E-state index in [1.54, 1.807) is 24.9 Å². The van der Waals surface area contributed by atoms with Gasteiger partial charge in [-0.1, -0.05) is 0 Å². The van der Waals surface area contributed by atoms with E-state index in [4.69, 9.17) is 5.73 Å². The summed E-state index contributed by atoms with van der Waals surface area (Å²) in [6, 6.07) is 0. The molecule has 0 fully saturated rings. The molecule has 0 radical (unpaired) electrons. The number of hydrogen-bond acceptors (Lipinski definition) is 6. The van der Waals surface area contributed by atoms with Crippen molar-refractivity contribution in [2.75, 3.05) is 23.9 Å². The Morgan fingerprint density at radius 2 is 2.30 bits per heavy atom. The Balaban J connectivity index is 2.34. The number of aromatic nitrogens is 2. The van der Waals surface area contributed by atoms with E-state index < -0.39 is 0 Å². The van der Waals surface area contributed by atoms with Crippen LogP contribution in [-0.2, 0) is 13.6 Å². The van der Waals surface area contributed by atoms with Gasteiger partial charge >= 0.3 is 0 Å². The van der Waals surface area contributed by atoms with Gasteiger partial charge in [-0.25, -0.2) is 4.98 Å². The lowest BCUT2D eigenvalue weighted by atomic mass is 10.3. The van der Waals surface area contributed by atoms with Crippen molar-refractivity contribution in [2.45, 2.75) is 18.4 Å². The molecule has 7 heteroatoms. The molecule has 2 heterocycles. The Kier molecular flexibility index (Phi) is 4.39. The van der Waals surface area contributed by atoms with Gasteiger partial charge < -0.3 is 15.2 Å². The van der Waals surface area contributed by atoms with Crippen LogP contribution < -0.4 is 10.6 Å². The molecule has 2 aromatic heterocycles. The summed E-state index contributed by atoms with van der Waals surface area (Å²) < 4.78 is 1.98. The Morgan fingerprint density at radius 1 is 1.60 bits per heavy atom. The highest BCUT2D eigenvalue weighted by Gasteiger charge is 2.21. The molecule has 0 aromatic carbocycles. The highest BCUT2D eigenvalue weighted by molar-refractivity contribution is 7.99. The number of rotatable bonds is 5. The first-order valence-electron chi connectivity index (χ1n) is 6.10. The summed E-state index contributed by atoms with van der Waals surface area (Å²) >= 11 is 3.02. The number of aryl methyl sites for hydroxylation is 1. The lowest BCUT2D eigenvalue weighted by molar-refractivity contribution is 0.102. The van der Waals surface area contributed by atoms with Gasteiger partial charge in [0, 0.05) is 33.4 Å². The predicted octanol–water partition coefficient (Wildman–Crippen LogP) is 2.62. The number of imidazole rings is 1. The summed E-state index contributed by atoms with van der Waals surface area (Å²) in [5.41, 5.74) is 6.67. The molecule has 0 aliphatic heterocycles. The smallest absolute Gasteiger partial charge is 0.171 e. The molecule has 0 unspecified atom stereocenters. The van der Waals surface area contributed by atoms with E-state index in [-0.39, 0.29) is 5.78 Å². The highest BCUT2D eigenvalue weighted by atomic mass is 32.2. The van der Waals surface area contributed by atoms with Crippen molar-refractivity contribution in [3.8, 4) is 0 Å². The third-order valence-electron chi connectivity index (χ3n) is 3.05. The van der Waals surface area contributed by atoms with Crippen LogP contribution >= 0.6 is 23.1 Å². The van der Waals surface area contributed by atoms with Crippen LogP contribution in [0.5, 0.6) is 0 Å². The van der Waals surface area contributed by atoms with E-state index in [0.29, 0.717) is 17.1 Å². The minimum absolute atomic E-state index is 0.0134. The number of thioether (sulfide) groups is 1. The van der Waals surface area contributed by atoms with Crippen molar-refractivity contribution in [2.24, 2.45) is 7.05 Å². The maximum atomic E-state index is 11.6. The van der Waals surface area contributed by atoms with Crippen LogP contribution in [0, 0.1) is 0 Å². The SMILES string of the molecule is CSc1c(N(C)Cc2nccn2C)sc(C(C)=O)c1N. The zero-order valence-corrected chi connectivity index (χ0v) is 13.6. The third-order valence-corrected chi connectivity index (χ3v) is 5.42. The molecule has 0 aliphatic rings. The fourth-order valence-electron chi connectivity index (χ4n) is 1.96. The number of carbonyl (C=O) groups excluding carboxylic acids is 1. The zero-order chi connectivity index (χ0) is 14.9. The number of thiophene rings is 1. The van der Waals surface area contributed by atoms with Gasteiger partial charge in [-0.15, -0.1) is 23.1 Å². The first-order valence-corrected chi connectivity index (χ1v) is 8.14. The standard InChI is InChI=1S/C13H18N4OS2/c1-8(18)11-10(14)12(19-4)13(20-11)17(3)7-9-15-5-6-16(9)2/h5-6H,7,14H2,1-4H3. The van der Waals surface area contributed by atoms with E-state index >= 15 is 0 Å². The molecule has 2 rings (SSSR count). The van der Waals surface area contributed by atoms with Gasteiger partial charge in [0.05, 0.1) is 22.0 Å². The summed E-state index contributed by atoms with van der Waals surface area (Å²) in [6.45, 7) is 2.23. The summed E-state index contributed by atoms with van der Waals surface area (Å²) in [5, 5.41) is 1.02. The van der Waals surface area contributed by atoms with Crippen molar-refractivity contribution < 1.29 is 4.79 Å². The minimum Gasteiger partial charge on any atom is -0.396 e. The van der Waals surface area contributed by atoms with Crippen LogP contribution in [0.3, 0.4) is 0 Å². The molecule has 0 saturated heterocycles.